The third kappa shape index (κ3) is 4.19. The van der Waals surface area contributed by atoms with Crippen molar-refractivity contribution in [3.63, 3.8) is 0 Å². The first-order chi connectivity index (χ1) is 9.45. The van der Waals surface area contributed by atoms with Crippen molar-refractivity contribution in [1.82, 2.24) is 0 Å². The second-order valence-electron chi connectivity index (χ2n) is 5.68. The third-order valence-corrected chi connectivity index (χ3v) is 4.30. The van der Waals surface area contributed by atoms with Gasteiger partial charge in [0.25, 0.3) is 0 Å². The molecule has 0 saturated carbocycles. The second kappa shape index (κ2) is 8.93. The summed E-state index contributed by atoms with van der Waals surface area (Å²) in [6, 6.07) is 0. The quantitative estimate of drug-likeness (QED) is 0.412. The van der Waals surface area contributed by atoms with Crippen LogP contribution in [0.4, 0.5) is 0 Å². The summed E-state index contributed by atoms with van der Waals surface area (Å²) in [4.78, 5) is 0. The van der Waals surface area contributed by atoms with Crippen LogP contribution < -0.4 is 11.5 Å². The molecule has 0 fully saturated rings. The van der Waals surface area contributed by atoms with Crippen LogP contribution in [-0.2, 0) is 0 Å². The summed E-state index contributed by atoms with van der Waals surface area (Å²) in [6.45, 7) is 17.7. The Kier molecular flexibility index (Phi) is 8.43. The van der Waals surface area contributed by atoms with E-state index in [0.717, 1.165) is 32.1 Å². The lowest BCUT2D eigenvalue weighted by Gasteiger charge is -2.50. The highest BCUT2D eigenvalue weighted by molar-refractivity contribution is 5.10. The van der Waals surface area contributed by atoms with E-state index in [4.69, 9.17) is 11.5 Å². The van der Waals surface area contributed by atoms with Crippen LogP contribution in [0.25, 0.3) is 0 Å². The molecule has 0 aromatic carbocycles. The fraction of sp³-hybridized carbons (Fsp3) is 0.556. The molecule has 0 aliphatic carbocycles. The maximum Gasteiger partial charge on any atom is 0.0738 e. The Hall–Kier alpha value is -1.12. The van der Waals surface area contributed by atoms with Crippen molar-refractivity contribution >= 4 is 0 Å². The molecule has 0 aliphatic rings. The molecule has 0 saturated heterocycles. The van der Waals surface area contributed by atoms with Gasteiger partial charge in [-0.25, -0.2) is 0 Å². The van der Waals surface area contributed by atoms with E-state index in [1.807, 2.05) is 18.2 Å². The summed E-state index contributed by atoms with van der Waals surface area (Å²) in [7, 11) is 0. The Morgan fingerprint density at radius 1 is 0.900 bits per heavy atom. The van der Waals surface area contributed by atoms with Gasteiger partial charge in [-0.05, 0) is 38.0 Å². The predicted octanol–water partition coefficient (Wildman–Crippen LogP) is 4.31. The van der Waals surface area contributed by atoms with Gasteiger partial charge in [0.15, 0.2) is 0 Å². The van der Waals surface area contributed by atoms with Gasteiger partial charge < -0.3 is 11.5 Å². The predicted molar refractivity (Wildman–Crippen MR) is 91.2 cm³/mol. The summed E-state index contributed by atoms with van der Waals surface area (Å²) in [5.74, 6) is 0.371. The molecule has 0 rings (SSSR count). The van der Waals surface area contributed by atoms with Crippen molar-refractivity contribution in [3.8, 4) is 0 Å². The minimum atomic E-state index is -0.819. The summed E-state index contributed by atoms with van der Waals surface area (Å²) in [6.07, 6.45) is 12.8. The normalized spacial score (nSPS) is 13.6. The molecule has 0 spiro atoms. The number of nitrogens with two attached hydrogens (primary N) is 2. The van der Waals surface area contributed by atoms with Crippen molar-refractivity contribution in [2.45, 2.75) is 51.1 Å². The summed E-state index contributed by atoms with van der Waals surface area (Å²) in [5, 5.41) is 0. The van der Waals surface area contributed by atoms with E-state index < -0.39 is 5.66 Å². The molecular weight excluding hydrogens is 244 g/mol. The lowest BCUT2D eigenvalue weighted by atomic mass is 9.59. The lowest BCUT2D eigenvalue weighted by molar-refractivity contribution is 0.0458. The Morgan fingerprint density at radius 3 is 1.75 bits per heavy atom. The van der Waals surface area contributed by atoms with Crippen LogP contribution in [0.15, 0.2) is 50.6 Å². The Balaban J connectivity index is 5.79. The van der Waals surface area contributed by atoms with Crippen LogP contribution >= 0.6 is 0 Å². The van der Waals surface area contributed by atoms with Gasteiger partial charge in [-0.1, -0.05) is 37.6 Å². The Bertz CT molecular complexity index is 318. The summed E-state index contributed by atoms with van der Waals surface area (Å²) in [5.41, 5.74) is 12.0. The van der Waals surface area contributed by atoms with Crippen LogP contribution in [0.5, 0.6) is 0 Å². The number of hydrogen-bond donors (Lipinski definition) is 2. The monoisotopic (exact) mass is 276 g/mol. The maximum atomic E-state index is 6.52. The van der Waals surface area contributed by atoms with Crippen molar-refractivity contribution in [2.75, 3.05) is 0 Å². The van der Waals surface area contributed by atoms with Gasteiger partial charge in [-0.15, -0.1) is 26.3 Å². The zero-order valence-corrected chi connectivity index (χ0v) is 13.1. The molecular formula is C18H32N2. The fourth-order valence-corrected chi connectivity index (χ4v) is 3.30. The van der Waals surface area contributed by atoms with Gasteiger partial charge in [-0.2, -0.15) is 0 Å². The molecule has 0 aromatic heterocycles. The van der Waals surface area contributed by atoms with Gasteiger partial charge in [0.2, 0.25) is 0 Å². The van der Waals surface area contributed by atoms with Crippen LogP contribution in [0, 0.1) is 11.3 Å². The lowest BCUT2D eigenvalue weighted by Crippen LogP contribution is -2.64. The van der Waals surface area contributed by atoms with Crippen LogP contribution in [0.3, 0.4) is 0 Å². The fourth-order valence-electron chi connectivity index (χ4n) is 3.30. The molecule has 0 bridgehead atoms. The number of rotatable bonds is 12. The molecule has 0 radical (unpaired) electrons. The molecule has 0 aliphatic heterocycles. The van der Waals surface area contributed by atoms with Crippen LogP contribution in [0.2, 0.25) is 0 Å². The number of hydrogen-bond acceptors (Lipinski definition) is 2. The molecule has 0 amide bonds. The molecule has 4 N–H and O–H groups in total. The minimum Gasteiger partial charge on any atom is -0.313 e. The van der Waals surface area contributed by atoms with Crippen LogP contribution in [-0.4, -0.2) is 5.66 Å². The highest BCUT2D eigenvalue weighted by Crippen LogP contribution is 2.47. The van der Waals surface area contributed by atoms with Crippen molar-refractivity contribution in [1.29, 1.82) is 0 Å². The molecule has 20 heavy (non-hydrogen) atoms. The van der Waals surface area contributed by atoms with Gasteiger partial charge >= 0.3 is 0 Å². The average molecular weight is 276 g/mol. The largest absolute Gasteiger partial charge is 0.313 e. The topological polar surface area (TPSA) is 52.0 Å². The Labute approximate surface area is 125 Å². The summed E-state index contributed by atoms with van der Waals surface area (Å²) >= 11 is 0. The van der Waals surface area contributed by atoms with E-state index in [1.54, 1.807) is 6.08 Å². The zero-order valence-electron chi connectivity index (χ0n) is 13.1. The van der Waals surface area contributed by atoms with Gasteiger partial charge in [0, 0.05) is 5.41 Å². The van der Waals surface area contributed by atoms with Gasteiger partial charge in [0.05, 0.1) is 5.66 Å². The van der Waals surface area contributed by atoms with E-state index >= 15 is 0 Å². The average Bonchev–Trinajstić information content (AvgIpc) is 2.38. The van der Waals surface area contributed by atoms with Crippen molar-refractivity contribution in [2.24, 2.45) is 22.8 Å². The van der Waals surface area contributed by atoms with E-state index in [0.29, 0.717) is 12.3 Å². The van der Waals surface area contributed by atoms with Crippen molar-refractivity contribution < 1.29 is 0 Å². The Morgan fingerprint density at radius 2 is 1.40 bits per heavy atom. The second-order valence-corrected chi connectivity index (χ2v) is 5.68. The first kappa shape index (κ1) is 18.9. The molecule has 0 heterocycles. The summed E-state index contributed by atoms with van der Waals surface area (Å²) < 4.78 is 0. The molecule has 1 atom stereocenters. The molecule has 114 valence electrons. The molecule has 0 aromatic rings. The minimum absolute atomic E-state index is 0.255. The first-order valence-electron chi connectivity index (χ1n) is 7.47. The third-order valence-electron chi connectivity index (χ3n) is 4.30. The van der Waals surface area contributed by atoms with E-state index in [1.165, 1.54) is 0 Å². The SMILES string of the molecule is C=CCC(CCC)C(CC=C)(CC=C)C(N)(N)CC=C. The number of allylic oxidation sites excluding steroid dienone is 3. The van der Waals surface area contributed by atoms with Crippen molar-refractivity contribution in [3.05, 3.63) is 50.6 Å². The smallest absolute Gasteiger partial charge is 0.0738 e. The maximum absolute atomic E-state index is 6.52. The highest BCUT2D eigenvalue weighted by Gasteiger charge is 2.48. The molecule has 2 nitrogen and oxygen atoms in total. The first-order valence-corrected chi connectivity index (χ1v) is 7.47. The molecule has 2 heteroatoms. The van der Waals surface area contributed by atoms with Gasteiger partial charge in [0.1, 0.15) is 0 Å². The van der Waals surface area contributed by atoms with Crippen LogP contribution in [0.1, 0.15) is 45.4 Å². The van der Waals surface area contributed by atoms with Gasteiger partial charge in [-0.3, -0.25) is 0 Å². The van der Waals surface area contributed by atoms with E-state index in [9.17, 15) is 0 Å². The van der Waals surface area contributed by atoms with E-state index in [2.05, 4.69) is 33.2 Å². The molecule has 1 unspecified atom stereocenters. The highest BCUT2D eigenvalue weighted by atomic mass is 15.0. The zero-order chi connectivity index (χ0) is 15.6. The standard InChI is InChI=1S/C18H32N2/c1-6-11-16(12-7-2)17(13-8-3,14-9-4)18(19,20)15-10-5/h6,8-10,16H,1,3-5,7,11-15,19-20H2,2H3. The van der Waals surface area contributed by atoms with E-state index in [-0.39, 0.29) is 5.41 Å².